The van der Waals surface area contributed by atoms with E-state index in [2.05, 4.69) is 0 Å². The largest absolute Gasteiger partial charge is 0.376 e. The Balaban J connectivity index is 1.38. The van der Waals surface area contributed by atoms with Gasteiger partial charge in [-0.15, -0.1) is 0 Å². The van der Waals surface area contributed by atoms with Crippen molar-refractivity contribution in [2.75, 3.05) is 13.2 Å². The molecule has 5 aromatic rings. The molecule has 0 bridgehead atoms. The molecule has 0 aliphatic carbocycles. The van der Waals surface area contributed by atoms with Gasteiger partial charge >= 0.3 is 0 Å². The zero-order valence-corrected chi connectivity index (χ0v) is 27.1. The molecule has 0 saturated carbocycles. The molecule has 2 aliphatic rings. The van der Waals surface area contributed by atoms with Gasteiger partial charge in [-0.25, -0.2) is 0 Å². The summed E-state index contributed by atoms with van der Waals surface area (Å²) in [6, 6.07) is 14.0. The second kappa shape index (κ2) is 11.1. The van der Waals surface area contributed by atoms with Crippen molar-refractivity contribution in [3.63, 3.8) is 0 Å². The third kappa shape index (κ3) is 4.27. The summed E-state index contributed by atoms with van der Waals surface area (Å²) in [7, 11) is 0. The topological polar surface area (TPSA) is 93.2 Å². The lowest BCUT2D eigenvalue weighted by Gasteiger charge is -2.34. The lowest BCUT2D eigenvalue weighted by molar-refractivity contribution is 0.0175. The van der Waals surface area contributed by atoms with Crippen molar-refractivity contribution in [3.8, 4) is 0 Å². The summed E-state index contributed by atoms with van der Waals surface area (Å²) in [4.78, 5) is 58.2. The Morgan fingerprint density at radius 3 is 1.02 bits per heavy atom. The highest BCUT2D eigenvalue weighted by Crippen LogP contribution is 2.46. The van der Waals surface area contributed by atoms with E-state index in [0.29, 0.717) is 33.0 Å². The molecule has 2 heterocycles. The Morgan fingerprint density at radius 1 is 0.478 bits per heavy atom. The smallest absolute Gasteiger partial charge is 0.261 e. The Kier molecular flexibility index (Phi) is 7.33. The zero-order chi connectivity index (χ0) is 32.6. The number of hydrogen-bond donors (Lipinski definition) is 0. The van der Waals surface area contributed by atoms with Crippen LogP contribution in [0.25, 0.3) is 43.1 Å². The monoisotopic (exact) mass is 618 g/mol. The molecule has 4 amide bonds. The van der Waals surface area contributed by atoms with Gasteiger partial charge in [-0.1, -0.05) is 38.1 Å². The van der Waals surface area contributed by atoms with E-state index in [0.717, 1.165) is 45.2 Å². The molecule has 0 radical (unpaired) electrons. The van der Waals surface area contributed by atoms with Gasteiger partial charge in [-0.3, -0.25) is 29.0 Å². The number of carbonyl (C=O) groups is 4. The number of hydrogen-bond acceptors (Lipinski definition) is 6. The van der Waals surface area contributed by atoms with Crippen LogP contribution < -0.4 is 0 Å². The molecule has 236 valence electrons. The van der Waals surface area contributed by atoms with E-state index in [1.807, 2.05) is 65.8 Å². The van der Waals surface area contributed by atoms with Gasteiger partial charge in [0.25, 0.3) is 23.6 Å². The molecule has 4 atom stereocenters. The summed E-state index contributed by atoms with van der Waals surface area (Å²) in [6.07, 6.45) is 1.74. The predicted molar refractivity (Wildman–Crippen MR) is 179 cm³/mol. The van der Waals surface area contributed by atoms with E-state index in [-0.39, 0.29) is 49.1 Å². The second-order valence-corrected chi connectivity index (χ2v) is 12.9. The van der Waals surface area contributed by atoms with E-state index < -0.39 is 12.1 Å². The fraction of sp³-hybridized carbons (Fsp3) is 0.368. The minimum atomic E-state index is -0.430. The first-order valence-electron chi connectivity index (χ1n) is 16.3. The Bertz CT molecular complexity index is 1830. The molecular weight excluding hydrogens is 580 g/mol. The quantitative estimate of drug-likeness (QED) is 0.0924. The minimum Gasteiger partial charge on any atom is -0.376 e. The lowest BCUT2D eigenvalue weighted by Crippen LogP contribution is -2.48. The maximum absolute atomic E-state index is 13.9. The van der Waals surface area contributed by atoms with Crippen LogP contribution in [-0.4, -0.2) is 70.9 Å². The number of imide groups is 2. The average Bonchev–Trinajstić information content (AvgIpc) is 3.06. The predicted octanol–water partition coefficient (Wildman–Crippen LogP) is 7.34. The van der Waals surface area contributed by atoms with Gasteiger partial charge in [0, 0.05) is 33.0 Å². The van der Waals surface area contributed by atoms with Crippen LogP contribution in [0.2, 0.25) is 0 Å². The normalized spacial score (nSPS) is 17.6. The van der Waals surface area contributed by atoms with Crippen LogP contribution in [0.15, 0.2) is 48.5 Å². The number of nitrogens with zero attached hydrogens (tertiary/aromatic N) is 2. The van der Waals surface area contributed by atoms with Crippen molar-refractivity contribution in [1.82, 2.24) is 9.80 Å². The highest BCUT2D eigenvalue weighted by molar-refractivity contribution is 6.41. The first kappa shape index (κ1) is 30.3. The van der Waals surface area contributed by atoms with Crippen LogP contribution in [0.3, 0.4) is 0 Å². The molecule has 0 saturated heterocycles. The van der Waals surface area contributed by atoms with Gasteiger partial charge in [0.15, 0.2) is 0 Å². The maximum Gasteiger partial charge on any atom is 0.261 e. The van der Waals surface area contributed by atoms with E-state index in [1.165, 1.54) is 9.80 Å². The zero-order valence-electron chi connectivity index (χ0n) is 27.1. The number of amides is 4. The highest BCUT2D eigenvalue weighted by atomic mass is 16.5. The van der Waals surface area contributed by atoms with E-state index in [9.17, 15) is 19.2 Å². The molecule has 7 rings (SSSR count). The van der Waals surface area contributed by atoms with Crippen LogP contribution in [0.1, 0.15) is 95.8 Å². The summed E-state index contributed by atoms with van der Waals surface area (Å²) < 4.78 is 11.8. The van der Waals surface area contributed by atoms with E-state index in [4.69, 9.17) is 9.47 Å². The van der Waals surface area contributed by atoms with Crippen molar-refractivity contribution in [3.05, 3.63) is 70.8 Å². The van der Waals surface area contributed by atoms with Crippen LogP contribution in [0.5, 0.6) is 0 Å². The third-order valence-corrected chi connectivity index (χ3v) is 9.97. The molecular formula is C38H38N2O6. The Morgan fingerprint density at radius 2 is 0.761 bits per heavy atom. The molecule has 4 unspecified atom stereocenters. The van der Waals surface area contributed by atoms with Gasteiger partial charge in [0.2, 0.25) is 0 Å². The number of fused-ring (bicyclic) bond motifs is 2. The SMILES string of the molecule is CCC(C)OCC(C)N1C(=O)c2ccc3c4ccc5c6c(ccc(c7ccc(c2c37)C1=O)c64)C(=O)N(C(C)COC(C)CC)C5=O. The van der Waals surface area contributed by atoms with Gasteiger partial charge < -0.3 is 9.47 Å². The molecule has 46 heavy (non-hydrogen) atoms. The van der Waals surface area contributed by atoms with Crippen LogP contribution in [0.4, 0.5) is 0 Å². The highest BCUT2D eigenvalue weighted by Gasteiger charge is 2.39. The molecule has 8 heteroatoms. The molecule has 0 N–H and O–H groups in total. The number of carbonyl (C=O) groups excluding carboxylic acids is 4. The molecule has 8 nitrogen and oxygen atoms in total. The number of benzene rings is 5. The fourth-order valence-electron chi connectivity index (χ4n) is 7.10. The van der Waals surface area contributed by atoms with Crippen molar-refractivity contribution in [1.29, 1.82) is 0 Å². The standard InChI is InChI=1S/C38H38N2O6/c1-7-21(5)45-17-19(3)39-35(41)27-13-9-23-25-11-15-29-34-30(38(44)40(37(29)43)20(4)18-46-22(6)8-2)16-12-26(32(25)34)24-10-14-28(36(39)42)33(27)31(23)24/h9-16,19-22H,7-8,17-18H2,1-6H3. The third-order valence-electron chi connectivity index (χ3n) is 9.97. The van der Waals surface area contributed by atoms with Crippen LogP contribution in [-0.2, 0) is 9.47 Å². The molecule has 0 spiro atoms. The van der Waals surface area contributed by atoms with Crippen molar-refractivity contribution in [2.45, 2.75) is 78.7 Å². The summed E-state index contributed by atoms with van der Waals surface area (Å²) in [5.41, 5.74) is 1.92. The van der Waals surface area contributed by atoms with E-state index in [1.54, 1.807) is 24.3 Å². The van der Waals surface area contributed by atoms with Crippen LogP contribution >= 0.6 is 0 Å². The molecule has 0 aromatic heterocycles. The molecule has 2 aliphatic heterocycles. The lowest BCUT2D eigenvalue weighted by atomic mass is 9.82. The van der Waals surface area contributed by atoms with Gasteiger partial charge in [0.05, 0.1) is 37.5 Å². The Hall–Kier alpha value is -4.40. The van der Waals surface area contributed by atoms with E-state index >= 15 is 0 Å². The first-order chi connectivity index (χ1) is 22.1. The van der Waals surface area contributed by atoms with Gasteiger partial charge in [-0.2, -0.15) is 0 Å². The van der Waals surface area contributed by atoms with Crippen molar-refractivity contribution in [2.24, 2.45) is 0 Å². The fourth-order valence-corrected chi connectivity index (χ4v) is 7.10. The summed E-state index contributed by atoms with van der Waals surface area (Å²) in [5.74, 6) is -1.33. The molecule has 5 aromatic carbocycles. The van der Waals surface area contributed by atoms with Crippen molar-refractivity contribution < 1.29 is 28.7 Å². The Labute approximate surface area is 267 Å². The van der Waals surface area contributed by atoms with Gasteiger partial charge in [0.1, 0.15) is 0 Å². The summed E-state index contributed by atoms with van der Waals surface area (Å²) in [6.45, 7) is 12.2. The first-order valence-corrected chi connectivity index (χ1v) is 16.3. The molecule has 0 fully saturated rings. The summed E-state index contributed by atoms with van der Waals surface area (Å²) in [5, 5.41) is 6.42. The minimum absolute atomic E-state index is 0.0287. The number of rotatable bonds is 10. The van der Waals surface area contributed by atoms with Crippen molar-refractivity contribution >= 4 is 66.7 Å². The average molecular weight is 619 g/mol. The second-order valence-electron chi connectivity index (χ2n) is 12.9. The van der Waals surface area contributed by atoms with Gasteiger partial charge in [-0.05, 0) is 97.1 Å². The number of ether oxygens (including phenoxy) is 2. The van der Waals surface area contributed by atoms with Crippen LogP contribution in [0, 0.1) is 0 Å². The maximum atomic E-state index is 13.9. The summed E-state index contributed by atoms with van der Waals surface area (Å²) >= 11 is 0.